The van der Waals surface area contributed by atoms with E-state index in [-0.39, 0.29) is 0 Å². The van der Waals surface area contributed by atoms with Crippen LogP contribution < -0.4 is 0 Å². The van der Waals surface area contributed by atoms with E-state index in [2.05, 4.69) is 15.9 Å². The summed E-state index contributed by atoms with van der Waals surface area (Å²) >= 11 is 3.98. The Hall–Kier alpha value is 0.790. The van der Waals surface area contributed by atoms with Crippen LogP contribution in [0.4, 0.5) is 0 Å². The maximum atomic E-state index is 7.95. The van der Waals surface area contributed by atoms with Gasteiger partial charge in [-0.05, 0) is 12.0 Å². The molecule has 0 amide bonds. The summed E-state index contributed by atoms with van der Waals surface area (Å²) in [6.45, 7) is 0. The molecule has 0 fully saturated rings. The normalized spacial score (nSPS) is 8.40. The lowest BCUT2D eigenvalue weighted by Crippen LogP contribution is -1.71. The largest absolute Gasteiger partial charge is 0.330 e. The molecule has 0 saturated carbocycles. The molecule has 0 saturated heterocycles. The Balaban J connectivity index is 2.19. The third-order valence-corrected chi connectivity index (χ3v) is 1.48. The number of rotatable bonds is 2. The molecule has 0 aromatic carbocycles. The van der Waals surface area contributed by atoms with Crippen molar-refractivity contribution in [2.75, 3.05) is 11.1 Å². The zero-order valence-electron chi connectivity index (χ0n) is 2.65. The first-order valence-electron chi connectivity index (χ1n) is 1.24. The second-order valence-corrected chi connectivity index (χ2v) is 1.98. The van der Waals surface area contributed by atoms with Crippen molar-refractivity contribution in [2.24, 2.45) is 0 Å². The number of hydrogen-bond acceptors (Lipinski definition) is 2. The topological polar surface area (TPSA) is 20.2 Å². The van der Waals surface area contributed by atoms with Crippen molar-refractivity contribution in [1.29, 1.82) is 0 Å². The Kier molecular flexibility index (Phi) is 5.55. The van der Waals surface area contributed by atoms with Crippen LogP contribution in [-0.4, -0.2) is 15.6 Å². The van der Waals surface area contributed by atoms with Crippen LogP contribution in [0.2, 0.25) is 0 Å². The summed E-state index contributed by atoms with van der Waals surface area (Å²) < 4.78 is 7.95. The highest BCUT2D eigenvalue weighted by Crippen LogP contribution is 1.91. The van der Waals surface area contributed by atoms with Crippen molar-refractivity contribution in [2.45, 2.75) is 0 Å². The van der Waals surface area contributed by atoms with Crippen molar-refractivity contribution in [3.05, 3.63) is 0 Å². The fourth-order valence-corrected chi connectivity index (χ4v) is 0.538. The fourth-order valence-electron chi connectivity index (χ4n) is 0.0345. The molecule has 0 bridgehead atoms. The van der Waals surface area contributed by atoms with Crippen LogP contribution >= 0.6 is 28.0 Å². The number of halogens is 1. The first-order valence-corrected chi connectivity index (χ1v) is 3.30. The molecule has 0 unspecified atom stereocenters. The molecule has 0 aromatic rings. The SMILES string of the molecule is OSCCBr. The van der Waals surface area contributed by atoms with E-state index in [0.717, 1.165) is 23.1 Å². The molecule has 0 aliphatic heterocycles. The Bertz CT molecular complexity index is 17.1. The molecule has 0 aliphatic rings. The van der Waals surface area contributed by atoms with Gasteiger partial charge >= 0.3 is 0 Å². The van der Waals surface area contributed by atoms with Crippen molar-refractivity contribution in [1.82, 2.24) is 0 Å². The third kappa shape index (κ3) is 4.79. The fraction of sp³-hybridized carbons (Fsp3) is 1.00. The highest BCUT2D eigenvalue weighted by molar-refractivity contribution is 9.09. The van der Waals surface area contributed by atoms with Gasteiger partial charge in [-0.1, -0.05) is 15.9 Å². The van der Waals surface area contributed by atoms with Gasteiger partial charge in [0.05, 0.1) is 0 Å². The Labute approximate surface area is 44.1 Å². The van der Waals surface area contributed by atoms with Gasteiger partial charge in [0.1, 0.15) is 0 Å². The van der Waals surface area contributed by atoms with E-state index in [1.165, 1.54) is 0 Å². The summed E-state index contributed by atoms with van der Waals surface area (Å²) in [7, 11) is 0. The molecule has 0 aromatic heterocycles. The van der Waals surface area contributed by atoms with Gasteiger partial charge in [-0.3, -0.25) is 0 Å². The van der Waals surface area contributed by atoms with Gasteiger partial charge in [0.2, 0.25) is 0 Å². The summed E-state index contributed by atoms with van der Waals surface area (Å²) in [6, 6.07) is 0. The van der Waals surface area contributed by atoms with E-state index in [9.17, 15) is 0 Å². The highest BCUT2D eigenvalue weighted by atomic mass is 79.9. The van der Waals surface area contributed by atoms with Crippen LogP contribution in [0.15, 0.2) is 0 Å². The summed E-state index contributed by atoms with van der Waals surface area (Å²) in [5, 5.41) is 0.869. The van der Waals surface area contributed by atoms with Crippen LogP contribution in [-0.2, 0) is 0 Å². The van der Waals surface area contributed by atoms with Gasteiger partial charge in [0, 0.05) is 11.1 Å². The molecule has 0 spiro atoms. The molecule has 5 heavy (non-hydrogen) atoms. The third-order valence-electron chi connectivity index (χ3n) is 0.168. The van der Waals surface area contributed by atoms with Crippen molar-refractivity contribution >= 4 is 28.0 Å². The monoisotopic (exact) mass is 156 g/mol. The lowest BCUT2D eigenvalue weighted by atomic mass is 11.0. The van der Waals surface area contributed by atoms with Gasteiger partial charge in [0.15, 0.2) is 0 Å². The summed E-state index contributed by atoms with van der Waals surface area (Å²) in [4.78, 5) is 0. The first-order chi connectivity index (χ1) is 2.41. The van der Waals surface area contributed by atoms with E-state index >= 15 is 0 Å². The van der Waals surface area contributed by atoms with Gasteiger partial charge in [-0.25, -0.2) is 0 Å². The average Bonchev–Trinajstić information content (AvgIpc) is 1.41. The van der Waals surface area contributed by atoms with Crippen molar-refractivity contribution in [3.63, 3.8) is 0 Å². The zero-order chi connectivity index (χ0) is 4.12. The molecular weight excluding hydrogens is 152 g/mol. The second-order valence-electron chi connectivity index (χ2n) is 0.522. The molecular formula is C2H5BrOS. The minimum atomic E-state index is 0.778. The lowest BCUT2D eigenvalue weighted by Gasteiger charge is -1.76. The van der Waals surface area contributed by atoms with E-state index in [1.807, 2.05) is 0 Å². The standard InChI is InChI=1S/C2H5BrOS/c3-1-2-5-4/h4H,1-2H2. The lowest BCUT2D eigenvalue weighted by molar-refractivity contribution is 0.665. The molecule has 3 heteroatoms. The van der Waals surface area contributed by atoms with Gasteiger partial charge in [0.25, 0.3) is 0 Å². The molecule has 1 nitrogen and oxygen atoms in total. The maximum Gasteiger partial charge on any atom is 0.0292 e. The Morgan fingerprint density at radius 3 is 2.40 bits per heavy atom. The second kappa shape index (κ2) is 4.79. The minimum Gasteiger partial charge on any atom is -0.330 e. The summed E-state index contributed by atoms with van der Waals surface area (Å²) in [6.07, 6.45) is 0. The number of alkyl halides is 1. The smallest absolute Gasteiger partial charge is 0.0292 e. The predicted octanol–water partition coefficient (Wildman–Crippen LogP) is 1.59. The van der Waals surface area contributed by atoms with Crippen LogP contribution in [0.5, 0.6) is 0 Å². The van der Waals surface area contributed by atoms with E-state index in [0.29, 0.717) is 0 Å². The molecule has 32 valence electrons. The molecule has 0 radical (unpaired) electrons. The van der Waals surface area contributed by atoms with E-state index in [4.69, 9.17) is 4.55 Å². The molecule has 1 N–H and O–H groups in total. The molecule has 0 heterocycles. The maximum absolute atomic E-state index is 7.95. The molecule has 0 rings (SSSR count). The number of hydrogen-bond donors (Lipinski definition) is 1. The van der Waals surface area contributed by atoms with Gasteiger partial charge in [-0.2, -0.15) is 0 Å². The summed E-state index contributed by atoms with van der Waals surface area (Å²) in [5.41, 5.74) is 0. The Morgan fingerprint density at radius 1 is 1.80 bits per heavy atom. The van der Waals surface area contributed by atoms with E-state index in [1.54, 1.807) is 0 Å². The van der Waals surface area contributed by atoms with Crippen molar-refractivity contribution < 1.29 is 4.55 Å². The quantitative estimate of drug-likeness (QED) is 0.485. The van der Waals surface area contributed by atoms with Crippen LogP contribution in [0.3, 0.4) is 0 Å². The van der Waals surface area contributed by atoms with Crippen molar-refractivity contribution in [3.8, 4) is 0 Å². The summed E-state index contributed by atoms with van der Waals surface area (Å²) in [5.74, 6) is 0.778. The zero-order valence-corrected chi connectivity index (χ0v) is 5.05. The van der Waals surface area contributed by atoms with Gasteiger partial charge < -0.3 is 4.55 Å². The highest BCUT2D eigenvalue weighted by Gasteiger charge is 1.71. The van der Waals surface area contributed by atoms with Crippen LogP contribution in [0, 0.1) is 0 Å². The molecule has 0 aliphatic carbocycles. The minimum absolute atomic E-state index is 0.778. The average molecular weight is 157 g/mol. The Morgan fingerprint density at radius 2 is 2.40 bits per heavy atom. The van der Waals surface area contributed by atoms with E-state index < -0.39 is 0 Å². The molecule has 0 atom stereocenters. The van der Waals surface area contributed by atoms with Crippen LogP contribution in [0.1, 0.15) is 0 Å². The predicted molar refractivity (Wildman–Crippen MR) is 28.9 cm³/mol. The van der Waals surface area contributed by atoms with Crippen LogP contribution in [0.25, 0.3) is 0 Å². The van der Waals surface area contributed by atoms with Gasteiger partial charge in [-0.15, -0.1) is 0 Å². The first kappa shape index (κ1) is 5.79.